The van der Waals surface area contributed by atoms with E-state index in [-0.39, 0.29) is 17.1 Å². The van der Waals surface area contributed by atoms with Crippen molar-refractivity contribution in [3.63, 3.8) is 0 Å². The van der Waals surface area contributed by atoms with Crippen molar-refractivity contribution >= 4 is 40.3 Å². The van der Waals surface area contributed by atoms with Gasteiger partial charge in [-0.25, -0.2) is 9.97 Å². The maximum absolute atomic E-state index is 13.2. The Bertz CT molecular complexity index is 1710. The minimum Gasteiger partial charge on any atom is -0.333 e. The molecule has 0 bridgehead atoms. The van der Waals surface area contributed by atoms with E-state index in [4.69, 9.17) is 0 Å². The van der Waals surface area contributed by atoms with Crippen molar-refractivity contribution in [2.75, 3.05) is 4.90 Å². The van der Waals surface area contributed by atoms with Gasteiger partial charge in [-0.05, 0) is 17.7 Å². The lowest BCUT2D eigenvalue weighted by molar-refractivity contribution is -0.123. The van der Waals surface area contributed by atoms with Gasteiger partial charge in [0.25, 0.3) is 17.7 Å². The smallest absolute Gasteiger partial charge is 0.261 e. The third kappa shape index (κ3) is 2.78. The fourth-order valence-corrected chi connectivity index (χ4v) is 5.15. The van der Waals surface area contributed by atoms with Gasteiger partial charge in [-0.2, -0.15) is 0 Å². The zero-order chi connectivity index (χ0) is 24.4. The van der Waals surface area contributed by atoms with E-state index in [0.717, 1.165) is 11.3 Å². The van der Waals surface area contributed by atoms with Crippen LogP contribution in [0.15, 0.2) is 90.5 Å². The van der Waals surface area contributed by atoms with Gasteiger partial charge in [0.1, 0.15) is 18.0 Å². The van der Waals surface area contributed by atoms with E-state index in [2.05, 4.69) is 20.3 Å². The Morgan fingerprint density at radius 1 is 1.03 bits per heavy atom. The van der Waals surface area contributed by atoms with Gasteiger partial charge in [0.15, 0.2) is 0 Å². The van der Waals surface area contributed by atoms with E-state index < -0.39 is 17.9 Å². The minimum atomic E-state index is -0.525. The molecule has 36 heavy (non-hydrogen) atoms. The van der Waals surface area contributed by atoms with E-state index in [0.29, 0.717) is 29.0 Å². The Hall–Kier alpha value is -5.12. The summed E-state index contributed by atoms with van der Waals surface area (Å²) in [6.45, 7) is 0. The lowest BCUT2D eigenvalue weighted by Crippen LogP contribution is -2.38. The van der Waals surface area contributed by atoms with Crippen molar-refractivity contribution in [1.82, 2.24) is 24.3 Å². The topological polar surface area (TPSA) is 114 Å². The predicted octanol–water partition coefficient (Wildman–Crippen LogP) is 1.99. The SMILES string of the molecule is O=C1NC(=O)C(c2cnc3ccccn23)=C1C1=NC=CN2c3c(cccc31)CC2C(=O)n1ccnc1. The predicted molar refractivity (Wildman–Crippen MR) is 130 cm³/mol. The van der Waals surface area contributed by atoms with Gasteiger partial charge in [-0.3, -0.25) is 33.7 Å². The molecule has 0 spiro atoms. The normalized spacial score (nSPS) is 18.5. The summed E-state index contributed by atoms with van der Waals surface area (Å²) in [4.78, 5) is 54.3. The van der Waals surface area contributed by atoms with Gasteiger partial charge in [0, 0.05) is 43.0 Å². The van der Waals surface area contributed by atoms with E-state index in [9.17, 15) is 14.4 Å². The van der Waals surface area contributed by atoms with Crippen LogP contribution < -0.4 is 10.2 Å². The van der Waals surface area contributed by atoms with Crippen molar-refractivity contribution in [2.24, 2.45) is 4.99 Å². The van der Waals surface area contributed by atoms with Crippen LogP contribution in [0, 0.1) is 0 Å². The molecule has 0 aliphatic carbocycles. The van der Waals surface area contributed by atoms with Crippen molar-refractivity contribution < 1.29 is 14.4 Å². The van der Waals surface area contributed by atoms with Crippen molar-refractivity contribution in [3.05, 3.63) is 102 Å². The summed E-state index contributed by atoms with van der Waals surface area (Å²) < 4.78 is 3.23. The number of hydrogen-bond donors (Lipinski definition) is 1. The first-order valence-corrected chi connectivity index (χ1v) is 11.3. The molecule has 4 aromatic rings. The van der Waals surface area contributed by atoms with Crippen LogP contribution in [0.3, 0.4) is 0 Å². The molecule has 174 valence electrons. The molecule has 7 rings (SSSR count). The lowest BCUT2D eigenvalue weighted by Gasteiger charge is -2.23. The highest BCUT2D eigenvalue weighted by atomic mass is 16.2. The number of carbonyl (C=O) groups is 3. The summed E-state index contributed by atoms with van der Waals surface area (Å²) in [5.74, 6) is -1.15. The third-order valence-corrected chi connectivity index (χ3v) is 6.70. The average molecular weight is 475 g/mol. The number of amides is 2. The second-order valence-electron chi connectivity index (χ2n) is 8.63. The standard InChI is InChI=1S/C26H17N7O3/c34-24-20(18-13-29-19-6-1-2-9-32(18)19)21(25(35)30-24)22-16-5-3-4-15-12-17(26(36)31-10-7-27-14-31)33(23(15)16)11-8-28-22/h1-11,13-14,17H,12H2,(H,30,34,35). The fraction of sp³-hybridized carbons (Fsp3) is 0.0769. The average Bonchev–Trinajstić information content (AvgIpc) is 3.65. The Labute approximate surface area is 203 Å². The van der Waals surface area contributed by atoms with E-state index in [1.807, 2.05) is 41.3 Å². The number of anilines is 1. The molecule has 0 saturated carbocycles. The maximum Gasteiger partial charge on any atom is 0.261 e. The van der Waals surface area contributed by atoms with Crippen LogP contribution >= 0.6 is 0 Å². The number of carbonyl (C=O) groups excluding carboxylic acids is 3. The molecule has 1 aromatic carbocycles. The number of benzene rings is 1. The molecule has 1 atom stereocenters. The number of imidazole rings is 2. The molecule has 10 heteroatoms. The molecule has 1 unspecified atom stereocenters. The number of aromatic nitrogens is 4. The Kier molecular flexibility index (Phi) is 4.19. The molecule has 6 heterocycles. The molecule has 0 saturated heterocycles. The fourth-order valence-electron chi connectivity index (χ4n) is 5.15. The van der Waals surface area contributed by atoms with E-state index >= 15 is 0 Å². The van der Waals surface area contributed by atoms with Crippen molar-refractivity contribution in [2.45, 2.75) is 12.5 Å². The summed E-state index contributed by atoms with van der Waals surface area (Å²) in [7, 11) is 0. The van der Waals surface area contributed by atoms with Crippen molar-refractivity contribution in [1.29, 1.82) is 0 Å². The van der Waals surface area contributed by atoms with Crippen LogP contribution in [-0.4, -0.2) is 48.4 Å². The molecular weight excluding hydrogens is 458 g/mol. The van der Waals surface area contributed by atoms with Crippen LogP contribution in [-0.2, 0) is 16.0 Å². The number of aliphatic imine (C=N–C) groups is 1. The maximum atomic E-state index is 13.2. The summed E-state index contributed by atoms with van der Waals surface area (Å²) >= 11 is 0. The highest BCUT2D eigenvalue weighted by Gasteiger charge is 2.41. The highest BCUT2D eigenvalue weighted by molar-refractivity contribution is 6.47. The van der Waals surface area contributed by atoms with E-state index in [1.165, 1.54) is 10.9 Å². The zero-order valence-electron chi connectivity index (χ0n) is 18.7. The Balaban J connectivity index is 1.40. The number of pyridine rings is 1. The number of nitrogens with one attached hydrogen (secondary N) is 1. The van der Waals surface area contributed by atoms with Gasteiger partial charge in [0.05, 0.1) is 34.4 Å². The second kappa shape index (κ2) is 7.44. The van der Waals surface area contributed by atoms with Crippen LogP contribution in [0.5, 0.6) is 0 Å². The molecule has 3 aliphatic heterocycles. The quantitative estimate of drug-likeness (QED) is 0.454. The first-order valence-electron chi connectivity index (χ1n) is 11.3. The molecule has 0 radical (unpaired) electrons. The number of para-hydroxylation sites is 1. The summed E-state index contributed by atoms with van der Waals surface area (Å²) in [6.07, 6.45) is 11.8. The molecule has 3 aliphatic rings. The number of rotatable bonds is 3. The molecule has 1 N–H and O–H groups in total. The monoisotopic (exact) mass is 475 g/mol. The van der Waals surface area contributed by atoms with Gasteiger partial charge < -0.3 is 4.90 Å². The number of nitrogens with zero attached hydrogens (tertiary/aromatic N) is 6. The second-order valence-corrected chi connectivity index (χ2v) is 8.63. The largest absolute Gasteiger partial charge is 0.333 e. The summed E-state index contributed by atoms with van der Waals surface area (Å²) in [5.41, 5.74) is 4.32. The van der Waals surface area contributed by atoms with E-state index in [1.54, 1.807) is 41.6 Å². The first-order chi connectivity index (χ1) is 17.6. The first kappa shape index (κ1) is 20.3. The Morgan fingerprint density at radius 3 is 2.78 bits per heavy atom. The highest BCUT2D eigenvalue weighted by Crippen LogP contribution is 2.40. The summed E-state index contributed by atoms with van der Waals surface area (Å²) in [5, 5.41) is 2.43. The van der Waals surface area contributed by atoms with Gasteiger partial charge >= 0.3 is 0 Å². The molecule has 2 amide bonds. The van der Waals surface area contributed by atoms with Crippen LogP contribution in [0.1, 0.15) is 21.6 Å². The van der Waals surface area contributed by atoms with Crippen molar-refractivity contribution in [3.8, 4) is 0 Å². The zero-order valence-corrected chi connectivity index (χ0v) is 18.7. The van der Waals surface area contributed by atoms with Crippen LogP contribution in [0.25, 0.3) is 11.2 Å². The molecule has 3 aromatic heterocycles. The van der Waals surface area contributed by atoms with Gasteiger partial charge in [-0.1, -0.05) is 24.3 Å². The molecule has 10 nitrogen and oxygen atoms in total. The van der Waals surface area contributed by atoms with Gasteiger partial charge in [-0.15, -0.1) is 0 Å². The number of imide groups is 1. The van der Waals surface area contributed by atoms with Gasteiger partial charge in [0.2, 0.25) is 0 Å². The Morgan fingerprint density at radius 2 is 1.92 bits per heavy atom. The number of hydrogen-bond acceptors (Lipinski definition) is 7. The minimum absolute atomic E-state index is 0.123. The van der Waals surface area contributed by atoms with Crippen LogP contribution in [0.4, 0.5) is 5.69 Å². The third-order valence-electron chi connectivity index (χ3n) is 6.70. The number of fused-ring (bicyclic) bond motifs is 1. The molecule has 0 fully saturated rings. The lowest BCUT2D eigenvalue weighted by atomic mass is 9.94. The summed E-state index contributed by atoms with van der Waals surface area (Å²) in [6, 6.07) is 10.7. The molecular formula is C26H17N7O3. The van der Waals surface area contributed by atoms with Crippen LogP contribution in [0.2, 0.25) is 0 Å².